The number of unbranched alkanes of at least 4 members (excludes halogenated alkanes) is 1. The van der Waals surface area contributed by atoms with Crippen molar-refractivity contribution < 1.29 is 13.2 Å². The molecule has 1 aromatic rings. The van der Waals surface area contributed by atoms with Gasteiger partial charge >= 0.3 is 6.18 Å². The molecule has 2 N–H and O–H groups in total. The summed E-state index contributed by atoms with van der Waals surface area (Å²) in [5, 5.41) is 0. The van der Waals surface area contributed by atoms with Crippen molar-refractivity contribution in [3.63, 3.8) is 0 Å². The van der Waals surface area contributed by atoms with E-state index in [0.29, 0.717) is 5.56 Å². The van der Waals surface area contributed by atoms with Gasteiger partial charge in [0.15, 0.2) is 0 Å². The van der Waals surface area contributed by atoms with Crippen molar-refractivity contribution in [1.29, 1.82) is 0 Å². The van der Waals surface area contributed by atoms with Gasteiger partial charge in [-0.05, 0) is 35.9 Å². The number of nitrogens with two attached hydrogens (primary N) is 1. The first-order valence-electron chi connectivity index (χ1n) is 5.52. The second-order valence-corrected chi connectivity index (χ2v) is 4.86. The average molecular weight is 263 g/mol. The third-order valence-corrected chi connectivity index (χ3v) is 3.57. The summed E-state index contributed by atoms with van der Waals surface area (Å²) >= 11 is 1.57. The number of thioether (sulfide) groups is 1. The fourth-order valence-corrected chi connectivity index (χ4v) is 2.53. The topological polar surface area (TPSA) is 26.0 Å². The van der Waals surface area contributed by atoms with Crippen molar-refractivity contribution in [2.24, 2.45) is 5.73 Å². The predicted octanol–water partition coefficient (Wildman–Crippen LogP) is 4.06. The molecule has 96 valence electrons. The summed E-state index contributed by atoms with van der Waals surface area (Å²) in [6.45, 7) is 2.22. The molecule has 17 heavy (non-hydrogen) atoms. The molecule has 0 aromatic heterocycles. The van der Waals surface area contributed by atoms with Gasteiger partial charge < -0.3 is 5.73 Å². The highest BCUT2D eigenvalue weighted by atomic mass is 32.2. The standard InChI is InChI=1S/C12H16F3NS/c1-2-3-6-17-11-5-4-10(12(13,14)15)7-9(11)8-16/h4-5,7H,2-3,6,8,16H2,1H3. The second kappa shape index (κ2) is 6.31. The van der Waals surface area contributed by atoms with Crippen LogP contribution in [0.4, 0.5) is 13.2 Å². The smallest absolute Gasteiger partial charge is 0.326 e. The van der Waals surface area contributed by atoms with E-state index in [1.165, 1.54) is 6.07 Å². The summed E-state index contributed by atoms with van der Waals surface area (Å²) in [5.41, 5.74) is 5.43. The van der Waals surface area contributed by atoms with Crippen LogP contribution in [0.1, 0.15) is 30.9 Å². The summed E-state index contributed by atoms with van der Waals surface area (Å²) in [6, 6.07) is 3.78. The third-order valence-electron chi connectivity index (χ3n) is 2.36. The molecule has 0 aliphatic heterocycles. The first-order chi connectivity index (χ1) is 7.99. The molecule has 1 nitrogen and oxygen atoms in total. The van der Waals surface area contributed by atoms with Crippen LogP contribution in [-0.2, 0) is 12.7 Å². The summed E-state index contributed by atoms with van der Waals surface area (Å²) in [7, 11) is 0. The van der Waals surface area contributed by atoms with Crippen molar-refractivity contribution >= 4 is 11.8 Å². The van der Waals surface area contributed by atoms with E-state index in [4.69, 9.17) is 5.73 Å². The minimum absolute atomic E-state index is 0.137. The normalized spacial score (nSPS) is 11.8. The average Bonchev–Trinajstić information content (AvgIpc) is 2.28. The lowest BCUT2D eigenvalue weighted by molar-refractivity contribution is -0.137. The fourth-order valence-electron chi connectivity index (χ4n) is 1.38. The van der Waals surface area contributed by atoms with Crippen LogP contribution in [0, 0.1) is 0 Å². The second-order valence-electron chi connectivity index (χ2n) is 3.73. The number of halogens is 3. The Morgan fingerprint density at radius 3 is 2.53 bits per heavy atom. The molecule has 0 spiro atoms. The molecule has 1 aromatic carbocycles. The predicted molar refractivity (Wildman–Crippen MR) is 65.0 cm³/mol. The summed E-state index contributed by atoms with van der Waals surface area (Å²) in [6.07, 6.45) is -2.17. The van der Waals surface area contributed by atoms with Gasteiger partial charge in [0.05, 0.1) is 5.56 Å². The van der Waals surface area contributed by atoms with Gasteiger partial charge in [0.1, 0.15) is 0 Å². The lowest BCUT2D eigenvalue weighted by Crippen LogP contribution is -2.07. The van der Waals surface area contributed by atoms with Gasteiger partial charge in [0, 0.05) is 11.4 Å². The molecule has 0 radical (unpaired) electrons. The van der Waals surface area contributed by atoms with Gasteiger partial charge in [-0.15, -0.1) is 11.8 Å². The summed E-state index contributed by atoms with van der Waals surface area (Å²) in [4.78, 5) is 0.856. The molecular weight excluding hydrogens is 247 g/mol. The van der Waals surface area contributed by atoms with Gasteiger partial charge in [0.25, 0.3) is 0 Å². The van der Waals surface area contributed by atoms with E-state index in [2.05, 4.69) is 6.92 Å². The maximum absolute atomic E-state index is 12.5. The Labute approximate surface area is 104 Å². The van der Waals surface area contributed by atoms with Crippen LogP contribution in [0.15, 0.2) is 23.1 Å². The molecule has 1 rings (SSSR count). The fraction of sp³-hybridized carbons (Fsp3) is 0.500. The summed E-state index contributed by atoms with van der Waals surface area (Å²) < 4.78 is 37.5. The number of alkyl halides is 3. The highest BCUT2D eigenvalue weighted by Crippen LogP contribution is 2.33. The molecule has 0 amide bonds. The van der Waals surface area contributed by atoms with E-state index in [9.17, 15) is 13.2 Å². The van der Waals surface area contributed by atoms with E-state index in [1.807, 2.05) is 0 Å². The van der Waals surface area contributed by atoms with Gasteiger partial charge in [-0.1, -0.05) is 13.3 Å². The van der Waals surface area contributed by atoms with Crippen molar-refractivity contribution in [1.82, 2.24) is 0 Å². The zero-order valence-corrected chi connectivity index (χ0v) is 10.5. The van der Waals surface area contributed by atoms with E-state index in [-0.39, 0.29) is 6.54 Å². The Hall–Kier alpha value is -0.680. The van der Waals surface area contributed by atoms with Crippen molar-refractivity contribution in [2.75, 3.05) is 5.75 Å². The monoisotopic (exact) mass is 263 g/mol. The van der Waals surface area contributed by atoms with Crippen molar-refractivity contribution in [3.8, 4) is 0 Å². The van der Waals surface area contributed by atoms with Gasteiger partial charge in [0.2, 0.25) is 0 Å². The van der Waals surface area contributed by atoms with Gasteiger partial charge in [-0.25, -0.2) is 0 Å². The summed E-state index contributed by atoms with van der Waals surface area (Å²) in [5.74, 6) is 0.912. The van der Waals surface area contributed by atoms with Crippen LogP contribution in [0.2, 0.25) is 0 Å². The molecule has 0 unspecified atom stereocenters. The molecular formula is C12H16F3NS. The number of rotatable bonds is 5. The Morgan fingerprint density at radius 1 is 1.29 bits per heavy atom. The maximum atomic E-state index is 12.5. The quantitative estimate of drug-likeness (QED) is 0.640. The number of benzene rings is 1. The number of hydrogen-bond donors (Lipinski definition) is 1. The van der Waals surface area contributed by atoms with E-state index < -0.39 is 11.7 Å². The molecule has 0 saturated carbocycles. The molecule has 0 fully saturated rings. The Kier molecular flexibility index (Phi) is 5.33. The zero-order chi connectivity index (χ0) is 12.9. The van der Waals surface area contributed by atoms with Gasteiger partial charge in [-0.2, -0.15) is 13.2 Å². The van der Waals surface area contributed by atoms with Crippen LogP contribution in [-0.4, -0.2) is 5.75 Å². The molecule has 5 heteroatoms. The number of hydrogen-bond acceptors (Lipinski definition) is 2. The van der Waals surface area contributed by atoms with Crippen molar-refractivity contribution in [2.45, 2.75) is 37.4 Å². The Bertz CT molecular complexity index is 363. The first kappa shape index (κ1) is 14.4. The lowest BCUT2D eigenvalue weighted by Gasteiger charge is -2.12. The van der Waals surface area contributed by atoms with Crippen molar-refractivity contribution in [3.05, 3.63) is 29.3 Å². The molecule has 0 atom stereocenters. The van der Waals surface area contributed by atoms with Gasteiger partial charge in [-0.3, -0.25) is 0 Å². The SMILES string of the molecule is CCCCSc1ccc(C(F)(F)F)cc1CN. The van der Waals surface area contributed by atoms with E-state index in [1.54, 1.807) is 11.8 Å². The molecule has 0 heterocycles. The van der Waals surface area contributed by atoms with Crippen LogP contribution in [0.3, 0.4) is 0 Å². The van der Waals surface area contributed by atoms with E-state index >= 15 is 0 Å². The highest BCUT2D eigenvalue weighted by molar-refractivity contribution is 7.99. The van der Waals surface area contributed by atoms with E-state index in [0.717, 1.165) is 35.6 Å². The van der Waals surface area contributed by atoms with Crippen LogP contribution in [0.5, 0.6) is 0 Å². The first-order valence-corrected chi connectivity index (χ1v) is 6.50. The third kappa shape index (κ3) is 4.24. The highest BCUT2D eigenvalue weighted by Gasteiger charge is 2.30. The van der Waals surface area contributed by atoms with Crippen LogP contribution < -0.4 is 5.73 Å². The maximum Gasteiger partial charge on any atom is 0.416 e. The lowest BCUT2D eigenvalue weighted by atomic mass is 10.1. The Morgan fingerprint density at radius 2 is 2.00 bits per heavy atom. The molecule has 0 aliphatic rings. The molecule has 0 aliphatic carbocycles. The molecule has 0 bridgehead atoms. The minimum Gasteiger partial charge on any atom is -0.326 e. The zero-order valence-electron chi connectivity index (χ0n) is 9.68. The largest absolute Gasteiger partial charge is 0.416 e. The Balaban J connectivity index is 2.86. The van der Waals surface area contributed by atoms with Crippen LogP contribution >= 0.6 is 11.8 Å². The minimum atomic E-state index is -4.30. The molecule has 0 saturated heterocycles. The van der Waals surface area contributed by atoms with Crippen LogP contribution in [0.25, 0.3) is 0 Å².